The third-order valence-corrected chi connectivity index (χ3v) is 5.46. The van der Waals surface area contributed by atoms with E-state index in [0.29, 0.717) is 11.7 Å². The Kier molecular flexibility index (Phi) is 6.87. The van der Waals surface area contributed by atoms with Crippen molar-refractivity contribution in [3.63, 3.8) is 0 Å². The number of amides is 1. The molecule has 1 aromatic heterocycles. The van der Waals surface area contributed by atoms with Crippen molar-refractivity contribution < 1.29 is 4.79 Å². The molecule has 1 N–H and O–H groups in total. The van der Waals surface area contributed by atoms with E-state index in [1.54, 1.807) is 0 Å². The van der Waals surface area contributed by atoms with Crippen molar-refractivity contribution in [1.82, 2.24) is 20.1 Å². The molecule has 0 spiro atoms. The van der Waals surface area contributed by atoms with Crippen molar-refractivity contribution in [2.75, 3.05) is 5.75 Å². The lowest BCUT2D eigenvalue weighted by Crippen LogP contribution is -2.31. The average Bonchev–Trinajstić information content (AvgIpc) is 3.07. The van der Waals surface area contributed by atoms with E-state index < -0.39 is 0 Å². The molecule has 0 radical (unpaired) electrons. The van der Waals surface area contributed by atoms with Crippen LogP contribution in [0, 0.1) is 5.92 Å². The number of thioether (sulfide) groups is 1. The van der Waals surface area contributed by atoms with Crippen LogP contribution >= 0.6 is 11.8 Å². The molecular formula is C22H26N4OS. The van der Waals surface area contributed by atoms with Crippen LogP contribution in [0.5, 0.6) is 0 Å². The van der Waals surface area contributed by atoms with Gasteiger partial charge in [-0.1, -0.05) is 86.3 Å². The monoisotopic (exact) mass is 394 g/mol. The van der Waals surface area contributed by atoms with Gasteiger partial charge in [0.25, 0.3) is 0 Å². The first-order valence-electron chi connectivity index (χ1n) is 9.46. The minimum Gasteiger partial charge on any atom is -0.349 e. The summed E-state index contributed by atoms with van der Waals surface area (Å²) in [5, 5.41) is 12.4. The van der Waals surface area contributed by atoms with Gasteiger partial charge in [-0.2, -0.15) is 0 Å². The lowest BCUT2D eigenvalue weighted by atomic mass is 9.97. The second kappa shape index (κ2) is 9.55. The predicted octanol–water partition coefficient (Wildman–Crippen LogP) is 4.48. The Hall–Kier alpha value is -2.60. The molecule has 0 aliphatic heterocycles. The van der Waals surface area contributed by atoms with Crippen LogP contribution < -0.4 is 5.32 Å². The number of hydrogen-bond donors (Lipinski definition) is 1. The number of nitrogens with one attached hydrogen (secondary N) is 1. The molecule has 0 unspecified atom stereocenters. The number of benzene rings is 2. The van der Waals surface area contributed by atoms with Gasteiger partial charge in [-0.05, 0) is 17.9 Å². The van der Waals surface area contributed by atoms with Gasteiger partial charge in [0, 0.05) is 12.6 Å². The number of rotatable bonds is 8. The van der Waals surface area contributed by atoms with E-state index in [9.17, 15) is 4.79 Å². The van der Waals surface area contributed by atoms with Gasteiger partial charge in [0.05, 0.1) is 11.8 Å². The Bertz CT molecular complexity index is 893. The molecular weight excluding hydrogens is 368 g/mol. The van der Waals surface area contributed by atoms with Gasteiger partial charge >= 0.3 is 0 Å². The molecule has 0 fully saturated rings. The van der Waals surface area contributed by atoms with Crippen LogP contribution in [0.3, 0.4) is 0 Å². The van der Waals surface area contributed by atoms with Gasteiger partial charge in [0.15, 0.2) is 11.0 Å². The van der Waals surface area contributed by atoms with Crippen LogP contribution in [-0.2, 0) is 11.8 Å². The highest BCUT2D eigenvalue weighted by atomic mass is 32.2. The van der Waals surface area contributed by atoms with E-state index >= 15 is 0 Å². The van der Waals surface area contributed by atoms with Crippen LogP contribution in [-0.4, -0.2) is 26.4 Å². The standard InChI is InChI=1S/C22H26N4OS/c1-16(2)14-19(17-10-6-4-7-11-17)23-20(27)15-28-22-25-24-21(26(22)3)18-12-8-5-9-13-18/h4-13,16,19H,14-15H2,1-3H3,(H,23,27)/t19-/m1/s1. The van der Waals surface area contributed by atoms with Crippen molar-refractivity contribution in [1.29, 1.82) is 0 Å². The molecule has 0 aliphatic rings. The minimum atomic E-state index is 0.00349. The van der Waals surface area contributed by atoms with Gasteiger partial charge < -0.3 is 9.88 Å². The van der Waals surface area contributed by atoms with Gasteiger partial charge in [-0.15, -0.1) is 10.2 Å². The second-order valence-electron chi connectivity index (χ2n) is 7.18. The van der Waals surface area contributed by atoms with Gasteiger partial charge in [-0.25, -0.2) is 0 Å². The Labute approximate surface area is 170 Å². The second-order valence-corrected chi connectivity index (χ2v) is 8.12. The maximum Gasteiger partial charge on any atom is 0.230 e. The molecule has 1 amide bonds. The first-order valence-corrected chi connectivity index (χ1v) is 10.4. The third-order valence-electron chi connectivity index (χ3n) is 4.44. The fourth-order valence-corrected chi connectivity index (χ4v) is 3.80. The largest absolute Gasteiger partial charge is 0.349 e. The van der Waals surface area contributed by atoms with E-state index in [-0.39, 0.29) is 11.9 Å². The summed E-state index contributed by atoms with van der Waals surface area (Å²) >= 11 is 1.40. The summed E-state index contributed by atoms with van der Waals surface area (Å²) in [4.78, 5) is 12.6. The molecule has 0 aliphatic carbocycles. The Morgan fingerprint density at radius 2 is 1.68 bits per heavy atom. The fourth-order valence-electron chi connectivity index (χ4n) is 3.08. The zero-order valence-electron chi connectivity index (χ0n) is 16.5. The highest BCUT2D eigenvalue weighted by Crippen LogP contribution is 2.24. The first kappa shape index (κ1) is 20.1. The van der Waals surface area contributed by atoms with Crippen molar-refractivity contribution >= 4 is 17.7 Å². The molecule has 5 nitrogen and oxygen atoms in total. The van der Waals surface area contributed by atoms with Gasteiger partial charge in [0.2, 0.25) is 5.91 Å². The minimum absolute atomic E-state index is 0.00349. The smallest absolute Gasteiger partial charge is 0.230 e. The molecule has 146 valence electrons. The highest BCUT2D eigenvalue weighted by Gasteiger charge is 2.17. The molecule has 1 heterocycles. The molecule has 0 saturated carbocycles. The zero-order valence-corrected chi connectivity index (χ0v) is 17.3. The predicted molar refractivity (Wildman–Crippen MR) is 114 cm³/mol. The van der Waals surface area contributed by atoms with Crippen LogP contribution in [0.1, 0.15) is 31.9 Å². The summed E-state index contributed by atoms with van der Waals surface area (Å²) < 4.78 is 1.93. The summed E-state index contributed by atoms with van der Waals surface area (Å²) in [6.45, 7) is 4.34. The summed E-state index contributed by atoms with van der Waals surface area (Å²) in [5.41, 5.74) is 2.15. The van der Waals surface area contributed by atoms with Gasteiger partial charge in [-0.3, -0.25) is 4.79 Å². The number of carbonyl (C=O) groups is 1. The van der Waals surface area contributed by atoms with Crippen LogP contribution in [0.2, 0.25) is 0 Å². The Morgan fingerprint density at radius 1 is 1.04 bits per heavy atom. The number of carbonyl (C=O) groups excluding carboxylic acids is 1. The number of nitrogens with zero attached hydrogens (tertiary/aromatic N) is 3. The van der Waals surface area contributed by atoms with Crippen LogP contribution in [0.25, 0.3) is 11.4 Å². The quantitative estimate of drug-likeness (QED) is 0.572. The third kappa shape index (κ3) is 5.23. The van der Waals surface area contributed by atoms with E-state index in [1.165, 1.54) is 11.8 Å². The lowest BCUT2D eigenvalue weighted by Gasteiger charge is -2.21. The molecule has 0 bridgehead atoms. The van der Waals surface area contributed by atoms with Crippen molar-refractivity contribution in [2.24, 2.45) is 13.0 Å². The molecule has 2 aromatic carbocycles. The molecule has 3 aromatic rings. The molecule has 28 heavy (non-hydrogen) atoms. The molecule has 1 atom stereocenters. The van der Waals surface area contributed by atoms with Crippen molar-refractivity contribution in [2.45, 2.75) is 31.5 Å². The zero-order chi connectivity index (χ0) is 19.9. The summed E-state index contributed by atoms with van der Waals surface area (Å²) in [7, 11) is 1.92. The topological polar surface area (TPSA) is 59.8 Å². The van der Waals surface area contributed by atoms with Crippen molar-refractivity contribution in [3.05, 3.63) is 66.2 Å². The first-order chi connectivity index (χ1) is 13.5. The molecule has 3 rings (SSSR count). The summed E-state index contributed by atoms with van der Waals surface area (Å²) in [5.74, 6) is 1.60. The maximum absolute atomic E-state index is 12.6. The molecule has 0 saturated heterocycles. The van der Waals surface area contributed by atoms with Gasteiger partial charge in [0.1, 0.15) is 0 Å². The van der Waals surface area contributed by atoms with E-state index in [1.807, 2.05) is 60.1 Å². The Morgan fingerprint density at radius 3 is 2.32 bits per heavy atom. The van der Waals surface area contributed by atoms with Crippen LogP contribution in [0.15, 0.2) is 65.8 Å². The normalized spacial score (nSPS) is 12.1. The van der Waals surface area contributed by atoms with E-state index in [0.717, 1.165) is 28.5 Å². The van der Waals surface area contributed by atoms with Crippen molar-refractivity contribution in [3.8, 4) is 11.4 Å². The average molecular weight is 395 g/mol. The highest BCUT2D eigenvalue weighted by molar-refractivity contribution is 7.99. The maximum atomic E-state index is 12.6. The summed E-state index contributed by atoms with van der Waals surface area (Å²) in [6.07, 6.45) is 0.905. The SMILES string of the molecule is CC(C)C[C@@H](NC(=O)CSc1nnc(-c2ccccc2)n1C)c1ccccc1. The molecule has 6 heteroatoms. The summed E-state index contributed by atoms with van der Waals surface area (Å²) in [6, 6.07) is 20.1. The number of aromatic nitrogens is 3. The van der Waals surface area contributed by atoms with Crippen LogP contribution in [0.4, 0.5) is 0 Å². The fraction of sp³-hybridized carbons (Fsp3) is 0.318. The lowest BCUT2D eigenvalue weighted by molar-refractivity contribution is -0.119. The van der Waals surface area contributed by atoms with E-state index in [2.05, 4.69) is 41.5 Å². The Balaban J connectivity index is 1.63. The van der Waals surface area contributed by atoms with E-state index in [4.69, 9.17) is 0 Å². The number of hydrogen-bond acceptors (Lipinski definition) is 4.